The van der Waals surface area contributed by atoms with Crippen LogP contribution in [-0.4, -0.2) is 55.8 Å². The molecule has 1 fully saturated rings. The number of aliphatic hydroxyl groups is 1. The second-order valence-electron chi connectivity index (χ2n) is 5.13. The Hall–Kier alpha value is -1.80. The molecule has 7 nitrogen and oxygen atoms in total. The number of hydrogen-bond acceptors (Lipinski definition) is 6. The van der Waals surface area contributed by atoms with Crippen LogP contribution in [0, 0.1) is 5.92 Å². The van der Waals surface area contributed by atoms with E-state index in [1.165, 1.54) is 4.80 Å². The summed E-state index contributed by atoms with van der Waals surface area (Å²) >= 11 is 1.54. The van der Waals surface area contributed by atoms with Crippen LogP contribution in [0.15, 0.2) is 17.5 Å². The number of likely N-dealkylation sites (tertiary alicyclic amines) is 1. The predicted molar refractivity (Wildman–Crippen MR) is 77.5 cm³/mol. The summed E-state index contributed by atoms with van der Waals surface area (Å²) in [7, 11) is 0. The molecule has 3 rings (SSSR count). The molecule has 8 heteroatoms. The van der Waals surface area contributed by atoms with E-state index in [-0.39, 0.29) is 19.1 Å². The average molecular weight is 307 g/mol. The fraction of sp³-hybridized carbons (Fsp3) is 0.538. The number of amides is 1. The van der Waals surface area contributed by atoms with Gasteiger partial charge in [-0.2, -0.15) is 4.80 Å². The van der Waals surface area contributed by atoms with Gasteiger partial charge in [0.15, 0.2) is 0 Å². The molecule has 2 aromatic heterocycles. The summed E-state index contributed by atoms with van der Waals surface area (Å²) in [6.45, 7) is 1.76. The highest BCUT2D eigenvalue weighted by Crippen LogP contribution is 2.20. The summed E-state index contributed by atoms with van der Waals surface area (Å²) in [4.78, 5) is 16.3. The summed E-state index contributed by atoms with van der Waals surface area (Å²) in [5.41, 5.74) is 0. The standard InChI is InChI=1S/C13H17N5O2S/c19-6-4-10-3-5-17(8-10)12(20)9-18-15-13(14-16-18)11-2-1-7-21-11/h1-2,7,10,19H,3-6,8-9H2. The van der Waals surface area contributed by atoms with Gasteiger partial charge in [0, 0.05) is 19.7 Å². The van der Waals surface area contributed by atoms with Crippen LogP contribution in [0.5, 0.6) is 0 Å². The first-order valence-electron chi connectivity index (χ1n) is 6.96. The van der Waals surface area contributed by atoms with Gasteiger partial charge in [0.05, 0.1) is 4.88 Å². The lowest BCUT2D eigenvalue weighted by molar-refractivity contribution is -0.131. The number of nitrogens with zero attached hydrogens (tertiary/aromatic N) is 5. The lowest BCUT2D eigenvalue weighted by Gasteiger charge is -2.15. The number of aromatic nitrogens is 4. The van der Waals surface area contributed by atoms with Crippen molar-refractivity contribution in [3.8, 4) is 10.7 Å². The van der Waals surface area contributed by atoms with Gasteiger partial charge >= 0.3 is 0 Å². The van der Waals surface area contributed by atoms with E-state index in [1.54, 1.807) is 11.3 Å². The molecular formula is C13H17N5O2S. The van der Waals surface area contributed by atoms with Crippen molar-refractivity contribution in [3.05, 3.63) is 17.5 Å². The minimum Gasteiger partial charge on any atom is -0.396 e. The predicted octanol–water partition coefficient (Wildman–Crippen LogP) is 0.633. The van der Waals surface area contributed by atoms with Crippen molar-refractivity contribution in [2.24, 2.45) is 5.92 Å². The van der Waals surface area contributed by atoms with Crippen LogP contribution in [-0.2, 0) is 11.3 Å². The highest BCUT2D eigenvalue weighted by Gasteiger charge is 2.26. The number of aliphatic hydroxyl groups excluding tert-OH is 1. The number of rotatable bonds is 5. The molecule has 3 heterocycles. The number of carbonyl (C=O) groups is 1. The molecule has 2 aromatic rings. The van der Waals surface area contributed by atoms with Crippen LogP contribution < -0.4 is 0 Å². The van der Waals surface area contributed by atoms with Crippen LogP contribution in [0.25, 0.3) is 10.7 Å². The second-order valence-corrected chi connectivity index (χ2v) is 6.08. The number of tetrazole rings is 1. The first kappa shape index (κ1) is 14.2. The van der Waals surface area contributed by atoms with Gasteiger partial charge in [-0.25, -0.2) is 0 Å². The lowest BCUT2D eigenvalue weighted by Crippen LogP contribution is -2.32. The van der Waals surface area contributed by atoms with Gasteiger partial charge < -0.3 is 10.0 Å². The molecule has 0 spiro atoms. The first-order chi connectivity index (χ1) is 10.3. The lowest BCUT2D eigenvalue weighted by atomic mass is 10.1. The van der Waals surface area contributed by atoms with Crippen molar-refractivity contribution in [1.82, 2.24) is 25.1 Å². The second kappa shape index (κ2) is 6.31. The Morgan fingerprint density at radius 2 is 2.43 bits per heavy atom. The summed E-state index contributed by atoms with van der Waals surface area (Å²) in [6, 6.07) is 3.85. The van der Waals surface area contributed by atoms with Crippen molar-refractivity contribution in [1.29, 1.82) is 0 Å². The Morgan fingerprint density at radius 3 is 3.19 bits per heavy atom. The van der Waals surface area contributed by atoms with Crippen LogP contribution in [0.2, 0.25) is 0 Å². The third kappa shape index (κ3) is 3.27. The van der Waals surface area contributed by atoms with Crippen LogP contribution in [0.1, 0.15) is 12.8 Å². The van der Waals surface area contributed by atoms with Crippen molar-refractivity contribution in [2.75, 3.05) is 19.7 Å². The molecule has 1 amide bonds. The summed E-state index contributed by atoms with van der Waals surface area (Å²) in [5.74, 6) is 0.965. The molecule has 0 aliphatic carbocycles. The first-order valence-corrected chi connectivity index (χ1v) is 7.84. The minimum absolute atomic E-state index is 0.00516. The summed E-state index contributed by atoms with van der Waals surface area (Å²) < 4.78 is 0. The zero-order chi connectivity index (χ0) is 14.7. The molecule has 0 saturated carbocycles. The molecule has 1 atom stereocenters. The Bertz CT molecular complexity index is 597. The summed E-state index contributed by atoms with van der Waals surface area (Å²) in [6.07, 6.45) is 1.71. The van der Waals surface area contributed by atoms with Gasteiger partial charge in [0.1, 0.15) is 6.54 Å². The minimum atomic E-state index is 0.00516. The van der Waals surface area contributed by atoms with Crippen LogP contribution in [0.4, 0.5) is 0 Å². The molecule has 1 N–H and O–H groups in total. The smallest absolute Gasteiger partial charge is 0.246 e. The highest BCUT2D eigenvalue weighted by molar-refractivity contribution is 7.13. The maximum atomic E-state index is 12.2. The molecule has 0 radical (unpaired) electrons. The molecule has 1 aliphatic heterocycles. The zero-order valence-electron chi connectivity index (χ0n) is 11.6. The fourth-order valence-electron chi connectivity index (χ4n) is 2.51. The van der Waals surface area contributed by atoms with E-state index in [9.17, 15) is 4.79 Å². The molecule has 112 valence electrons. The van der Waals surface area contributed by atoms with E-state index in [2.05, 4.69) is 15.4 Å². The van der Waals surface area contributed by atoms with Gasteiger partial charge in [-0.15, -0.1) is 21.5 Å². The van der Waals surface area contributed by atoms with E-state index in [0.717, 1.165) is 24.3 Å². The number of carbonyl (C=O) groups excluding carboxylic acids is 1. The van der Waals surface area contributed by atoms with Crippen LogP contribution >= 0.6 is 11.3 Å². The third-order valence-corrected chi connectivity index (χ3v) is 4.51. The largest absolute Gasteiger partial charge is 0.396 e. The fourth-order valence-corrected chi connectivity index (χ4v) is 3.16. The van der Waals surface area contributed by atoms with Crippen molar-refractivity contribution >= 4 is 17.2 Å². The van der Waals surface area contributed by atoms with E-state index in [0.29, 0.717) is 18.3 Å². The molecule has 0 bridgehead atoms. The van der Waals surface area contributed by atoms with Gasteiger partial charge in [0.25, 0.3) is 0 Å². The maximum Gasteiger partial charge on any atom is 0.246 e. The molecule has 1 saturated heterocycles. The van der Waals surface area contributed by atoms with Crippen molar-refractivity contribution in [3.63, 3.8) is 0 Å². The van der Waals surface area contributed by atoms with E-state index < -0.39 is 0 Å². The van der Waals surface area contributed by atoms with Crippen molar-refractivity contribution in [2.45, 2.75) is 19.4 Å². The van der Waals surface area contributed by atoms with Gasteiger partial charge in [-0.05, 0) is 35.4 Å². The highest BCUT2D eigenvalue weighted by atomic mass is 32.1. The Balaban J connectivity index is 1.58. The Morgan fingerprint density at radius 1 is 1.52 bits per heavy atom. The van der Waals surface area contributed by atoms with E-state index >= 15 is 0 Å². The molecule has 1 aliphatic rings. The number of hydrogen-bond donors (Lipinski definition) is 1. The molecule has 21 heavy (non-hydrogen) atoms. The van der Waals surface area contributed by atoms with E-state index in [1.807, 2.05) is 22.4 Å². The van der Waals surface area contributed by atoms with Crippen LogP contribution in [0.3, 0.4) is 0 Å². The summed E-state index contributed by atoms with van der Waals surface area (Å²) in [5, 5.41) is 23.0. The van der Waals surface area contributed by atoms with Gasteiger partial charge in [-0.1, -0.05) is 6.07 Å². The topological polar surface area (TPSA) is 84.1 Å². The SMILES string of the molecule is O=C(Cn1nnc(-c2cccs2)n1)N1CCC(CCO)C1. The van der Waals surface area contributed by atoms with Crippen molar-refractivity contribution < 1.29 is 9.90 Å². The zero-order valence-corrected chi connectivity index (χ0v) is 12.4. The average Bonchev–Trinajstić information content (AvgIpc) is 3.20. The number of thiophene rings is 1. The quantitative estimate of drug-likeness (QED) is 0.876. The van der Waals surface area contributed by atoms with Gasteiger partial charge in [-0.3, -0.25) is 4.79 Å². The third-order valence-electron chi connectivity index (χ3n) is 3.65. The molecule has 0 aromatic carbocycles. The Labute approximate surface area is 126 Å². The molecule has 1 unspecified atom stereocenters. The van der Waals surface area contributed by atoms with E-state index in [4.69, 9.17) is 5.11 Å². The monoisotopic (exact) mass is 307 g/mol. The van der Waals surface area contributed by atoms with Gasteiger partial charge in [0.2, 0.25) is 11.7 Å². The maximum absolute atomic E-state index is 12.2. The normalized spacial score (nSPS) is 18.3. The Kier molecular flexibility index (Phi) is 4.26. The molecular weight excluding hydrogens is 290 g/mol.